The average molecular weight is 320 g/mol. The van der Waals surface area contributed by atoms with E-state index < -0.39 is 0 Å². The van der Waals surface area contributed by atoms with E-state index in [9.17, 15) is 9.90 Å². The van der Waals surface area contributed by atoms with Crippen molar-refractivity contribution in [3.05, 3.63) is 0 Å². The van der Waals surface area contributed by atoms with Gasteiger partial charge in [-0.05, 0) is 19.8 Å². The molecular weight excluding hydrogens is 290 g/mol. The molecule has 1 unspecified atom stereocenters. The summed E-state index contributed by atoms with van der Waals surface area (Å²) in [5.74, 6) is -0.121. The van der Waals surface area contributed by atoms with Crippen molar-refractivity contribution in [3.63, 3.8) is 0 Å². The van der Waals surface area contributed by atoms with Crippen molar-refractivity contribution >= 4 is 5.97 Å². The Balaban J connectivity index is 0.000000236. The van der Waals surface area contributed by atoms with E-state index in [1.54, 1.807) is 0 Å². The molecule has 5 heteroatoms. The largest absolute Gasteiger partial charge is 1.00 e. The van der Waals surface area contributed by atoms with Crippen LogP contribution in [0.25, 0.3) is 0 Å². The first-order valence-corrected chi connectivity index (χ1v) is 8.16. The van der Waals surface area contributed by atoms with E-state index in [1.165, 1.54) is 56.7 Å². The molecule has 2 aliphatic heterocycles. The van der Waals surface area contributed by atoms with Gasteiger partial charge in [0, 0.05) is 26.2 Å². The highest BCUT2D eigenvalue weighted by atomic mass is 35.5. The average Bonchev–Trinajstić information content (AvgIpc) is 3.05. The maximum absolute atomic E-state index is 10.8. The highest BCUT2D eigenvalue weighted by molar-refractivity contribution is 5.66. The zero-order valence-corrected chi connectivity index (χ0v) is 14.2. The summed E-state index contributed by atoms with van der Waals surface area (Å²) in [4.78, 5) is 10.8. The minimum absolute atomic E-state index is 0. The molecule has 4 nitrogen and oxygen atoms in total. The Kier molecular flexibility index (Phi) is 6.95. The van der Waals surface area contributed by atoms with Crippen molar-refractivity contribution in [1.82, 2.24) is 0 Å². The monoisotopic (exact) mass is 319 g/mol. The molecule has 3 rings (SSSR count). The molecule has 1 atom stereocenters. The number of hydrogen-bond acceptors (Lipinski definition) is 3. The summed E-state index contributed by atoms with van der Waals surface area (Å²) in [5.41, 5.74) is -0.306. The lowest BCUT2D eigenvalue weighted by atomic mass is 10.1. The second kappa shape index (κ2) is 7.80. The molecule has 0 amide bonds. The number of ether oxygens (including phenoxy) is 1. The number of nitrogens with zero attached hydrogens (tertiary/aromatic N) is 1. The molecule has 3 fully saturated rings. The molecule has 3 aliphatic rings. The lowest BCUT2D eigenvalue weighted by molar-refractivity contribution is -0.906. The maximum atomic E-state index is 10.8. The fraction of sp³-hybridized carbons (Fsp3) is 0.938. The van der Waals surface area contributed by atoms with Crippen molar-refractivity contribution in [2.24, 2.45) is 0 Å². The summed E-state index contributed by atoms with van der Waals surface area (Å²) in [6.07, 6.45) is 8.43. The molecule has 0 radical (unpaired) electrons. The Hall–Kier alpha value is -0.320. The molecule has 1 N–H and O–H groups in total. The maximum Gasteiger partial charge on any atom is 0.303 e. The smallest absolute Gasteiger partial charge is 0.303 e. The highest BCUT2D eigenvalue weighted by Crippen LogP contribution is 2.28. The number of halogens is 1. The normalized spacial score (nSPS) is 28.6. The van der Waals surface area contributed by atoms with Crippen LogP contribution in [0.3, 0.4) is 0 Å². The van der Waals surface area contributed by atoms with Crippen LogP contribution in [0.4, 0.5) is 0 Å². The lowest BCUT2D eigenvalue weighted by Crippen LogP contribution is -3.00. The van der Waals surface area contributed by atoms with Gasteiger partial charge in [-0.25, -0.2) is 0 Å². The van der Waals surface area contributed by atoms with E-state index >= 15 is 0 Å². The predicted molar refractivity (Wildman–Crippen MR) is 78.2 cm³/mol. The van der Waals surface area contributed by atoms with E-state index in [4.69, 9.17) is 4.74 Å². The van der Waals surface area contributed by atoms with Crippen molar-refractivity contribution in [2.45, 2.75) is 70.5 Å². The Bertz CT molecular complexity index is 332. The fourth-order valence-electron chi connectivity index (χ4n) is 3.91. The fourth-order valence-corrected chi connectivity index (χ4v) is 3.91. The van der Waals surface area contributed by atoms with Gasteiger partial charge in [0.1, 0.15) is 6.54 Å². The summed E-state index contributed by atoms with van der Waals surface area (Å²) in [6, 6.07) is 0. The van der Waals surface area contributed by atoms with Crippen LogP contribution in [-0.2, 0) is 9.53 Å². The van der Waals surface area contributed by atoms with Gasteiger partial charge >= 0.3 is 5.97 Å². The molecule has 2 heterocycles. The van der Waals surface area contributed by atoms with Gasteiger partial charge in [0.05, 0.1) is 25.2 Å². The molecule has 1 aliphatic carbocycles. The Morgan fingerprint density at radius 2 is 1.71 bits per heavy atom. The second-order valence-corrected chi connectivity index (χ2v) is 7.13. The Morgan fingerprint density at radius 3 is 2.14 bits per heavy atom. The second-order valence-electron chi connectivity index (χ2n) is 7.13. The zero-order valence-electron chi connectivity index (χ0n) is 13.4. The van der Waals surface area contributed by atoms with Gasteiger partial charge in [0.15, 0.2) is 6.10 Å². The lowest BCUT2D eigenvalue weighted by Gasteiger charge is -2.28. The Labute approximate surface area is 134 Å². The molecule has 2 saturated heterocycles. The van der Waals surface area contributed by atoms with Gasteiger partial charge in [-0.3, -0.25) is 4.79 Å². The van der Waals surface area contributed by atoms with Gasteiger partial charge in [-0.1, -0.05) is 12.8 Å². The van der Waals surface area contributed by atoms with Crippen LogP contribution in [0, 0.1) is 0 Å². The van der Waals surface area contributed by atoms with Crippen LogP contribution >= 0.6 is 0 Å². The van der Waals surface area contributed by atoms with Gasteiger partial charge < -0.3 is 26.7 Å². The van der Waals surface area contributed by atoms with E-state index in [2.05, 4.69) is 0 Å². The van der Waals surface area contributed by atoms with Gasteiger partial charge in [-0.15, -0.1) is 0 Å². The number of aliphatic hydroxyl groups is 1. The zero-order chi connectivity index (χ0) is 14.6. The third-order valence-electron chi connectivity index (χ3n) is 5.04. The third-order valence-corrected chi connectivity index (χ3v) is 5.04. The Morgan fingerprint density at radius 1 is 1.14 bits per heavy atom. The van der Waals surface area contributed by atoms with Crippen LogP contribution in [-0.4, -0.2) is 53.4 Å². The van der Waals surface area contributed by atoms with Crippen molar-refractivity contribution in [3.8, 4) is 0 Å². The molecule has 0 bridgehead atoms. The first-order chi connectivity index (χ1) is 9.41. The summed E-state index contributed by atoms with van der Waals surface area (Å²) in [6.45, 7) is 8.32. The van der Waals surface area contributed by atoms with Crippen LogP contribution in [0.15, 0.2) is 0 Å². The van der Waals surface area contributed by atoms with Crippen LogP contribution < -0.4 is 12.4 Å². The molecule has 0 aromatic carbocycles. The van der Waals surface area contributed by atoms with E-state index in [-0.39, 0.29) is 30.1 Å². The molecular formula is C16H30ClNO3. The molecule has 124 valence electrons. The third kappa shape index (κ3) is 5.76. The number of rotatable bonds is 1. The van der Waals surface area contributed by atoms with Crippen LogP contribution in [0.2, 0.25) is 0 Å². The number of carbonyl (C=O) groups is 1. The minimum Gasteiger partial charge on any atom is -1.00 e. The van der Waals surface area contributed by atoms with Crippen molar-refractivity contribution in [1.29, 1.82) is 0 Å². The SMILES string of the molecule is CC(=O)OC1CC[N+]2(CCCC2)C1.CC1(O)CCCC1.[Cl-]. The molecule has 0 aromatic heterocycles. The van der Waals surface area contributed by atoms with Crippen molar-refractivity contribution < 1.29 is 31.5 Å². The van der Waals surface area contributed by atoms with Gasteiger partial charge in [0.25, 0.3) is 0 Å². The summed E-state index contributed by atoms with van der Waals surface area (Å²) < 4.78 is 6.46. The predicted octanol–water partition coefficient (Wildman–Crippen LogP) is -0.752. The van der Waals surface area contributed by atoms with Crippen LogP contribution in [0.1, 0.15) is 58.8 Å². The van der Waals surface area contributed by atoms with E-state index in [1.807, 2.05) is 6.92 Å². The number of esters is 1. The van der Waals surface area contributed by atoms with Crippen molar-refractivity contribution in [2.75, 3.05) is 26.2 Å². The number of carbonyl (C=O) groups excluding carboxylic acids is 1. The minimum atomic E-state index is -0.306. The first-order valence-electron chi connectivity index (χ1n) is 8.16. The van der Waals surface area contributed by atoms with E-state index in [0.29, 0.717) is 0 Å². The molecule has 0 aromatic rings. The number of hydrogen-bond donors (Lipinski definition) is 1. The topological polar surface area (TPSA) is 46.5 Å². The molecule has 1 saturated carbocycles. The first kappa shape index (κ1) is 18.7. The van der Waals surface area contributed by atoms with Crippen LogP contribution in [0.5, 0.6) is 0 Å². The number of quaternary nitrogens is 1. The summed E-state index contributed by atoms with van der Waals surface area (Å²) in [7, 11) is 0. The molecule has 1 spiro atoms. The summed E-state index contributed by atoms with van der Waals surface area (Å²) in [5, 5.41) is 9.19. The van der Waals surface area contributed by atoms with E-state index in [0.717, 1.165) is 25.8 Å². The van der Waals surface area contributed by atoms with Gasteiger partial charge in [0.2, 0.25) is 0 Å². The molecule has 21 heavy (non-hydrogen) atoms. The standard InChI is InChI=1S/C10H18NO2.C6H12O.ClH/c1-9(12)13-10-4-7-11(8-10)5-2-3-6-11;1-6(7)4-2-3-5-6;/h10H,2-8H2,1H3;7H,2-5H2,1H3;1H/q+1;;/p-1. The summed E-state index contributed by atoms with van der Waals surface area (Å²) >= 11 is 0. The van der Waals surface area contributed by atoms with Gasteiger partial charge in [-0.2, -0.15) is 0 Å². The quantitative estimate of drug-likeness (QED) is 0.511. The highest BCUT2D eigenvalue weighted by Gasteiger charge is 2.41.